The molecule has 6 heteroatoms. The van der Waals surface area contributed by atoms with Crippen LogP contribution in [0.15, 0.2) is 40.9 Å². The highest BCUT2D eigenvalue weighted by molar-refractivity contribution is 9.10. The van der Waals surface area contributed by atoms with Gasteiger partial charge in [-0.1, -0.05) is 0 Å². The highest BCUT2D eigenvalue weighted by Gasteiger charge is 2.11. The Labute approximate surface area is 129 Å². The van der Waals surface area contributed by atoms with Crippen LogP contribution in [0, 0.1) is 17.1 Å². The quantitative estimate of drug-likeness (QED) is 0.681. The molecule has 4 nitrogen and oxygen atoms in total. The standard InChI is InChI=1S/C15H10BrFN2O2/c16-13-4-2-9(6-14(13)19)15(20)21-8-11-5-12(17)3-1-10(11)7-18/h1-6H,8,19H2. The largest absolute Gasteiger partial charge is 0.457 e. The highest BCUT2D eigenvalue weighted by atomic mass is 79.9. The molecule has 0 saturated carbocycles. The van der Waals surface area contributed by atoms with E-state index >= 15 is 0 Å². The summed E-state index contributed by atoms with van der Waals surface area (Å²) in [7, 11) is 0. The second kappa shape index (κ2) is 6.37. The van der Waals surface area contributed by atoms with Crippen molar-refractivity contribution in [3.8, 4) is 6.07 Å². The lowest BCUT2D eigenvalue weighted by Crippen LogP contribution is -2.07. The van der Waals surface area contributed by atoms with Crippen molar-refractivity contribution in [3.63, 3.8) is 0 Å². The van der Waals surface area contributed by atoms with Crippen LogP contribution in [-0.2, 0) is 11.3 Å². The lowest BCUT2D eigenvalue weighted by atomic mass is 10.1. The van der Waals surface area contributed by atoms with E-state index in [0.717, 1.165) is 0 Å². The van der Waals surface area contributed by atoms with Crippen LogP contribution in [0.3, 0.4) is 0 Å². The van der Waals surface area contributed by atoms with Crippen LogP contribution in [-0.4, -0.2) is 5.97 Å². The van der Waals surface area contributed by atoms with E-state index in [-0.39, 0.29) is 17.7 Å². The first-order valence-electron chi connectivity index (χ1n) is 5.92. The van der Waals surface area contributed by atoms with E-state index in [1.54, 1.807) is 12.1 Å². The number of carbonyl (C=O) groups is 1. The van der Waals surface area contributed by atoms with Gasteiger partial charge < -0.3 is 10.5 Å². The predicted octanol–water partition coefficient (Wildman–Crippen LogP) is 3.40. The van der Waals surface area contributed by atoms with Crippen molar-refractivity contribution in [1.82, 2.24) is 0 Å². The lowest BCUT2D eigenvalue weighted by molar-refractivity contribution is 0.0472. The third kappa shape index (κ3) is 3.58. The maximum atomic E-state index is 13.2. The van der Waals surface area contributed by atoms with E-state index in [4.69, 9.17) is 15.7 Å². The molecule has 0 unspecified atom stereocenters. The van der Waals surface area contributed by atoms with Gasteiger partial charge in [0.25, 0.3) is 0 Å². The minimum Gasteiger partial charge on any atom is -0.457 e. The van der Waals surface area contributed by atoms with Gasteiger partial charge in [0.1, 0.15) is 12.4 Å². The van der Waals surface area contributed by atoms with Crippen LogP contribution < -0.4 is 5.73 Å². The monoisotopic (exact) mass is 348 g/mol. The average Bonchev–Trinajstić information content (AvgIpc) is 2.47. The summed E-state index contributed by atoms with van der Waals surface area (Å²) in [6.07, 6.45) is 0. The van der Waals surface area contributed by atoms with Gasteiger partial charge in [0.2, 0.25) is 0 Å². The number of hydrogen-bond donors (Lipinski definition) is 1. The Morgan fingerprint density at radius 1 is 1.33 bits per heavy atom. The molecule has 0 aliphatic rings. The molecule has 2 rings (SSSR count). The van der Waals surface area contributed by atoms with Crippen molar-refractivity contribution in [1.29, 1.82) is 5.26 Å². The summed E-state index contributed by atoms with van der Waals surface area (Å²) in [5, 5.41) is 8.92. The number of carbonyl (C=O) groups excluding carboxylic acids is 1. The van der Waals surface area contributed by atoms with Crippen molar-refractivity contribution in [2.75, 3.05) is 5.73 Å². The number of ether oxygens (including phenoxy) is 1. The Balaban J connectivity index is 2.13. The molecule has 2 N–H and O–H groups in total. The average molecular weight is 349 g/mol. The molecule has 0 atom stereocenters. The van der Waals surface area contributed by atoms with Crippen LogP contribution in [0.4, 0.5) is 10.1 Å². The molecule has 2 aromatic rings. The lowest BCUT2D eigenvalue weighted by Gasteiger charge is -2.07. The van der Waals surface area contributed by atoms with Crippen molar-refractivity contribution in [2.24, 2.45) is 0 Å². The van der Waals surface area contributed by atoms with E-state index in [2.05, 4.69) is 15.9 Å². The molecule has 0 aliphatic heterocycles. The smallest absolute Gasteiger partial charge is 0.338 e. The number of esters is 1. The second-order valence-electron chi connectivity index (χ2n) is 4.23. The van der Waals surface area contributed by atoms with Gasteiger partial charge in [-0.15, -0.1) is 0 Å². The summed E-state index contributed by atoms with van der Waals surface area (Å²) < 4.78 is 18.9. The van der Waals surface area contributed by atoms with Crippen molar-refractivity contribution >= 4 is 27.6 Å². The zero-order valence-corrected chi connectivity index (χ0v) is 12.4. The predicted molar refractivity (Wildman–Crippen MR) is 78.8 cm³/mol. The van der Waals surface area contributed by atoms with E-state index in [1.165, 1.54) is 24.3 Å². The Morgan fingerprint density at radius 3 is 2.76 bits per heavy atom. The molecule has 21 heavy (non-hydrogen) atoms. The first-order chi connectivity index (χ1) is 10.0. The number of hydrogen-bond acceptors (Lipinski definition) is 4. The summed E-state index contributed by atoms with van der Waals surface area (Å²) in [4.78, 5) is 11.9. The number of halogens is 2. The number of nitrogen functional groups attached to an aromatic ring is 1. The van der Waals surface area contributed by atoms with Gasteiger partial charge >= 0.3 is 5.97 Å². The SMILES string of the molecule is N#Cc1ccc(F)cc1COC(=O)c1ccc(Br)c(N)c1. The van der Waals surface area contributed by atoms with Gasteiger partial charge in [-0.05, 0) is 52.3 Å². The number of benzene rings is 2. The molecule has 0 amide bonds. The first-order valence-corrected chi connectivity index (χ1v) is 6.71. The molecular formula is C15H10BrFN2O2. The maximum absolute atomic E-state index is 13.2. The molecule has 2 aromatic carbocycles. The number of nitriles is 1. The minimum atomic E-state index is -0.595. The number of rotatable bonds is 3. The van der Waals surface area contributed by atoms with Gasteiger partial charge in [-0.25, -0.2) is 9.18 Å². The highest BCUT2D eigenvalue weighted by Crippen LogP contribution is 2.21. The van der Waals surface area contributed by atoms with Gasteiger partial charge in [0.15, 0.2) is 0 Å². The maximum Gasteiger partial charge on any atom is 0.338 e. The number of nitrogens with two attached hydrogens (primary N) is 1. The molecule has 0 radical (unpaired) electrons. The van der Waals surface area contributed by atoms with E-state index in [1.807, 2.05) is 6.07 Å². The Hall–Kier alpha value is -2.39. The third-order valence-electron chi connectivity index (χ3n) is 2.78. The topological polar surface area (TPSA) is 76.1 Å². The van der Waals surface area contributed by atoms with Crippen molar-refractivity contribution in [3.05, 3.63) is 63.4 Å². The van der Waals surface area contributed by atoms with Gasteiger partial charge in [-0.3, -0.25) is 0 Å². The van der Waals surface area contributed by atoms with E-state index in [0.29, 0.717) is 15.7 Å². The summed E-state index contributed by atoms with van der Waals surface area (Å²) in [6.45, 7) is -0.185. The minimum absolute atomic E-state index is 0.185. The summed E-state index contributed by atoms with van der Waals surface area (Å²) in [6, 6.07) is 10.3. The number of nitrogens with zero attached hydrogens (tertiary/aromatic N) is 1. The number of anilines is 1. The Morgan fingerprint density at radius 2 is 2.10 bits per heavy atom. The zero-order valence-electron chi connectivity index (χ0n) is 10.8. The zero-order chi connectivity index (χ0) is 15.4. The summed E-state index contributed by atoms with van der Waals surface area (Å²) >= 11 is 3.23. The van der Waals surface area contributed by atoms with E-state index in [9.17, 15) is 9.18 Å². The van der Waals surface area contributed by atoms with Gasteiger partial charge in [0.05, 0.1) is 17.2 Å². The molecule has 0 heterocycles. The molecule has 0 bridgehead atoms. The molecule has 0 aromatic heterocycles. The van der Waals surface area contributed by atoms with Crippen LogP contribution in [0.25, 0.3) is 0 Å². The van der Waals surface area contributed by atoms with Crippen LogP contribution in [0.5, 0.6) is 0 Å². The second-order valence-corrected chi connectivity index (χ2v) is 5.08. The third-order valence-corrected chi connectivity index (χ3v) is 3.50. The van der Waals surface area contributed by atoms with Crippen LogP contribution in [0.1, 0.15) is 21.5 Å². The normalized spacial score (nSPS) is 9.95. The molecule has 106 valence electrons. The molecule has 0 spiro atoms. The molecule has 0 fully saturated rings. The molecular weight excluding hydrogens is 339 g/mol. The fourth-order valence-corrected chi connectivity index (χ4v) is 1.93. The van der Waals surface area contributed by atoms with Crippen molar-refractivity contribution < 1.29 is 13.9 Å². The first kappa shape index (κ1) is 15.0. The Kier molecular flexibility index (Phi) is 4.55. The summed E-state index contributed by atoms with van der Waals surface area (Å²) in [5.41, 5.74) is 6.96. The van der Waals surface area contributed by atoms with Gasteiger partial charge in [0, 0.05) is 15.7 Å². The summed E-state index contributed by atoms with van der Waals surface area (Å²) in [5.74, 6) is -1.09. The van der Waals surface area contributed by atoms with Crippen molar-refractivity contribution in [2.45, 2.75) is 6.61 Å². The van der Waals surface area contributed by atoms with Gasteiger partial charge in [-0.2, -0.15) is 5.26 Å². The Bertz CT molecular complexity index is 741. The fraction of sp³-hybridized carbons (Fsp3) is 0.0667. The van der Waals surface area contributed by atoms with Crippen LogP contribution in [0.2, 0.25) is 0 Å². The van der Waals surface area contributed by atoms with Crippen LogP contribution >= 0.6 is 15.9 Å². The molecule has 0 aliphatic carbocycles. The fourth-order valence-electron chi connectivity index (χ4n) is 1.69. The molecule has 0 saturated heterocycles. The van der Waals surface area contributed by atoms with E-state index < -0.39 is 11.8 Å².